The van der Waals surface area contributed by atoms with Crippen LogP contribution in [0.25, 0.3) is 0 Å². The van der Waals surface area contributed by atoms with Crippen LogP contribution in [0.15, 0.2) is 43.8 Å². The normalized spacial score (nSPS) is 13.0. The largest absolute Gasteiger partial charge is 0.397 e. The smallest absolute Gasteiger partial charge is 0.257 e. The van der Waals surface area contributed by atoms with Gasteiger partial charge in [-0.15, -0.1) is 0 Å². The summed E-state index contributed by atoms with van der Waals surface area (Å²) in [5.41, 5.74) is 9.74. The van der Waals surface area contributed by atoms with E-state index in [1.807, 2.05) is 0 Å². The van der Waals surface area contributed by atoms with Crippen molar-refractivity contribution < 1.29 is 38.5 Å². The highest BCUT2D eigenvalue weighted by atomic mass is 32.2. The number of nitrogens with two attached hydrogens (primary N) is 2. The zero-order valence-electron chi connectivity index (χ0n) is 17.8. The average molecular weight is 540 g/mol. The standard InChI is InChI=1S/C17H21N3O9S4/c1-30(22,23)11-7-5-9(13(18)15(11)32(3,26)27)17(21)20-10-6-8-12(31(2,24)25)16(14(10)19)33(4,28)29/h5-8H,18-19H2,1-4H3,(H,20,21). The van der Waals surface area contributed by atoms with Crippen LogP contribution in [0.4, 0.5) is 17.1 Å². The minimum Gasteiger partial charge on any atom is -0.397 e. The number of sulfone groups is 4. The highest BCUT2D eigenvalue weighted by Crippen LogP contribution is 2.35. The molecule has 0 bridgehead atoms. The molecule has 0 saturated carbocycles. The van der Waals surface area contributed by atoms with Crippen molar-refractivity contribution in [3.63, 3.8) is 0 Å². The first-order valence-corrected chi connectivity index (χ1v) is 16.2. The van der Waals surface area contributed by atoms with E-state index in [0.29, 0.717) is 0 Å². The van der Waals surface area contributed by atoms with Crippen molar-refractivity contribution in [3.05, 3.63) is 29.8 Å². The van der Waals surface area contributed by atoms with E-state index >= 15 is 0 Å². The van der Waals surface area contributed by atoms with Gasteiger partial charge in [-0.05, 0) is 24.3 Å². The first kappa shape index (κ1) is 26.6. The van der Waals surface area contributed by atoms with Crippen molar-refractivity contribution in [2.45, 2.75) is 19.6 Å². The predicted molar refractivity (Wildman–Crippen MR) is 122 cm³/mol. The summed E-state index contributed by atoms with van der Waals surface area (Å²) in [6.45, 7) is 0. The summed E-state index contributed by atoms with van der Waals surface area (Å²) in [7, 11) is -16.4. The summed E-state index contributed by atoms with van der Waals surface area (Å²) >= 11 is 0. The Kier molecular flexibility index (Phi) is 6.65. The number of nitrogens with one attached hydrogen (secondary N) is 1. The van der Waals surface area contributed by atoms with Crippen molar-refractivity contribution in [1.82, 2.24) is 0 Å². The van der Waals surface area contributed by atoms with Gasteiger partial charge in [-0.1, -0.05) is 0 Å². The number of hydrogen-bond donors (Lipinski definition) is 3. The third-order valence-corrected chi connectivity index (χ3v) is 9.25. The fraction of sp³-hybridized carbons (Fsp3) is 0.235. The Bertz CT molecular complexity index is 1610. The molecule has 0 radical (unpaired) electrons. The highest BCUT2D eigenvalue weighted by molar-refractivity contribution is 7.94. The molecule has 0 aliphatic heterocycles. The monoisotopic (exact) mass is 539 g/mol. The van der Waals surface area contributed by atoms with E-state index in [2.05, 4.69) is 5.32 Å². The molecule has 0 aliphatic carbocycles. The molecule has 0 aromatic heterocycles. The van der Waals surface area contributed by atoms with Gasteiger partial charge in [0.15, 0.2) is 39.3 Å². The minimum atomic E-state index is -4.19. The molecule has 182 valence electrons. The van der Waals surface area contributed by atoms with Gasteiger partial charge < -0.3 is 16.8 Å². The van der Waals surface area contributed by atoms with E-state index in [4.69, 9.17) is 11.5 Å². The predicted octanol–water partition coefficient (Wildman–Crippen LogP) is -0.283. The maximum atomic E-state index is 12.8. The Morgan fingerprint density at radius 1 is 0.636 bits per heavy atom. The number of anilines is 3. The van der Waals surface area contributed by atoms with Gasteiger partial charge >= 0.3 is 0 Å². The number of carbonyl (C=O) groups is 1. The van der Waals surface area contributed by atoms with Crippen LogP contribution in [0.3, 0.4) is 0 Å². The summed E-state index contributed by atoms with van der Waals surface area (Å²) < 4.78 is 96.6. The zero-order valence-corrected chi connectivity index (χ0v) is 21.0. The summed E-state index contributed by atoms with van der Waals surface area (Å²) in [6.07, 6.45) is 3.01. The molecule has 12 nitrogen and oxygen atoms in total. The van der Waals surface area contributed by atoms with Gasteiger partial charge in [-0.2, -0.15) is 0 Å². The molecule has 0 atom stereocenters. The second kappa shape index (κ2) is 8.27. The molecule has 33 heavy (non-hydrogen) atoms. The Morgan fingerprint density at radius 2 is 1.03 bits per heavy atom. The third-order valence-electron chi connectivity index (χ3n) is 4.35. The van der Waals surface area contributed by atoms with Crippen LogP contribution >= 0.6 is 0 Å². The van der Waals surface area contributed by atoms with Crippen LogP contribution in [-0.4, -0.2) is 64.6 Å². The fourth-order valence-corrected chi connectivity index (χ4v) is 8.23. The van der Waals surface area contributed by atoms with E-state index in [1.54, 1.807) is 0 Å². The SMILES string of the molecule is CS(=O)(=O)c1ccc(NC(=O)c2ccc(S(C)(=O)=O)c(S(C)(=O)=O)c2N)c(N)c1S(C)(=O)=O. The Morgan fingerprint density at radius 3 is 1.42 bits per heavy atom. The average Bonchev–Trinajstić information content (AvgIpc) is 2.58. The lowest BCUT2D eigenvalue weighted by atomic mass is 10.1. The molecule has 0 unspecified atom stereocenters. The van der Waals surface area contributed by atoms with E-state index < -0.39 is 81.8 Å². The van der Waals surface area contributed by atoms with Crippen molar-refractivity contribution in [1.29, 1.82) is 0 Å². The molecule has 0 spiro atoms. The van der Waals surface area contributed by atoms with Crippen LogP contribution in [-0.2, 0) is 39.3 Å². The number of amides is 1. The van der Waals surface area contributed by atoms with Crippen LogP contribution in [0.1, 0.15) is 10.4 Å². The molecule has 5 N–H and O–H groups in total. The molecular weight excluding hydrogens is 518 g/mol. The first-order chi connectivity index (χ1) is 14.7. The van der Waals surface area contributed by atoms with Gasteiger partial charge in [-0.25, -0.2) is 33.7 Å². The molecule has 0 saturated heterocycles. The van der Waals surface area contributed by atoms with E-state index in [9.17, 15) is 38.5 Å². The lowest BCUT2D eigenvalue weighted by molar-refractivity contribution is 0.102. The van der Waals surface area contributed by atoms with Gasteiger partial charge in [0.05, 0.1) is 32.4 Å². The molecule has 2 aromatic rings. The van der Waals surface area contributed by atoms with Crippen molar-refractivity contribution in [3.8, 4) is 0 Å². The molecule has 0 aliphatic rings. The minimum absolute atomic E-state index is 0.291. The van der Waals surface area contributed by atoms with E-state index in [0.717, 1.165) is 49.3 Å². The number of rotatable bonds is 6. The van der Waals surface area contributed by atoms with E-state index in [1.165, 1.54) is 0 Å². The van der Waals surface area contributed by atoms with Gasteiger partial charge in [0.25, 0.3) is 5.91 Å². The van der Waals surface area contributed by atoms with Gasteiger partial charge in [-0.3, -0.25) is 4.79 Å². The molecule has 2 rings (SSSR count). The van der Waals surface area contributed by atoms with Crippen LogP contribution < -0.4 is 16.8 Å². The summed E-state index contributed by atoms with van der Waals surface area (Å²) in [5, 5.41) is 2.25. The topological polar surface area (TPSA) is 218 Å². The summed E-state index contributed by atoms with van der Waals surface area (Å²) in [4.78, 5) is 10.1. The Balaban J connectivity index is 2.72. The van der Waals surface area contributed by atoms with Gasteiger partial charge in [0, 0.05) is 25.0 Å². The van der Waals surface area contributed by atoms with Crippen LogP contribution in [0.2, 0.25) is 0 Å². The summed E-state index contributed by atoms with van der Waals surface area (Å²) in [6, 6.07) is 3.87. The number of nitrogen functional groups attached to an aromatic ring is 2. The third kappa shape index (κ3) is 5.45. The lowest BCUT2D eigenvalue weighted by Crippen LogP contribution is -2.20. The van der Waals surface area contributed by atoms with E-state index in [-0.39, 0.29) is 5.69 Å². The van der Waals surface area contributed by atoms with Crippen molar-refractivity contribution >= 4 is 62.3 Å². The number of carbonyl (C=O) groups excluding carboxylic acids is 1. The molecule has 0 fully saturated rings. The molecule has 0 heterocycles. The maximum absolute atomic E-state index is 12.8. The fourth-order valence-electron chi connectivity index (χ4n) is 3.00. The second-order valence-electron chi connectivity index (χ2n) is 7.25. The Labute approximate surface area is 191 Å². The maximum Gasteiger partial charge on any atom is 0.257 e. The second-order valence-corrected chi connectivity index (χ2v) is 15.1. The van der Waals surface area contributed by atoms with Crippen molar-refractivity contribution in [2.24, 2.45) is 0 Å². The molecule has 2 aromatic carbocycles. The highest BCUT2D eigenvalue weighted by Gasteiger charge is 2.29. The molecular formula is C17H21N3O9S4. The first-order valence-electron chi connectivity index (χ1n) is 8.64. The zero-order chi connectivity index (χ0) is 25.7. The van der Waals surface area contributed by atoms with Gasteiger partial charge in [0.1, 0.15) is 9.79 Å². The molecule has 16 heteroatoms. The molecule has 1 amide bonds. The quantitative estimate of drug-likeness (QED) is 0.405. The summed E-state index contributed by atoms with van der Waals surface area (Å²) in [5.74, 6) is -1.05. The number of hydrogen-bond acceptors (Lipinski definition) is 11. The lowest BCUT2D eigenvalue weighted by Gasteiger charge is -2.16. The van der Waals surface area contributed by atoms with Gasteiger partial charge in [0.2, 0.25) is 0 Å². The van der Waals surface area contributed by atoms with Crippen LogP contribution in [0.5, 0.6) is 0 Å². The van der Waals surface area contributed by atoms with Crippen molar-refractivity contribution in [2.75, 3.05) is 41.8 Å². The van der Waals surface area contributed by atoms with Crippen LogP contribution in [0, 0.1) is 0 Å². The number of benzene rings is 2. The Hall–Kier alpha value is -2.69.